The first-order valence-electron chi connectivity index (χ1n) is 8.69. The maximum absolute atomic E-state index is 11.9. The van der Waals surface area contributed by atoms with Gasteiger partial charge in [0.2, 0.25) is 17.6 Å². The summed E-state index contributed by atoms with van der Waals surface area (Å²) in [7, 11) is 0. The van der Waals surface area contributed by atoms with Crippen molar-refractivity contribution in [3.05, 3.63) is 47.0 Å². The second-order valence-electron chi connectivity index (χ2n) is 5.96. The van der Waals surface area contributed by atoms with E-state index in [-0.39, 0.29) is 31.2 Å². The molecule has 0 aliphatic carbocycles. The van der Waals surface area contributed by atoms with Gasteiger partial charge in [0.1, 0.15) is 0 Å². The smallest absolute Gasteiger partial charge is 0.257 e. The molecule has 0 saturated heterocycles. The minimum atomic E-state index is -0.379. The molecule has 0 atom stereocenters. The van der Waals surface area contributed by atoms with Gasteiger partial charge in [-0.1, -0.05) is 28.6 Å². The third-order valence-corrected chi connectivity index (χ3v) is 5.53. The number of carbonyl (C=O) groups excluding carboxylic acids is 2. The number of rotatable bonds is 7. The molecule has 0 saturated carbocycles. The number of para-hydroxylation sites is 1. The summed E-state index contributed by atoms with van der Waals surface area (Å²) in [6.07, 6.45) is 0.389. The van der Waals surface area contributed by atoms with Crippen LogP contribution in [0.3, 0.4) is 0 Å². The van der Waals surface area contributed by atoms with Gasteiger partial charge < -0.3 is 9.84 Å². The van der Waals surface area contributed by atoms with Gasteiger partial charge in [-0.2, -0.15) is 16.3 Å². The molecule has 29 heavy (non-hydrogen) atoms. The van der Waals surface area contributed by atoms with Gasteiger partial charge in [0.25, 0.3) is 5.91 Å². The lowest BCUT2D eigenvalue weighted by Crippen LogP contribution is -2.44. The van der Waals surface area contributed by atoms with Crippen molar-refractivity contribution in [3.63, 3.8) is 0 Å². The number of thiazole rings is 1. The van der Waals surface area contributed by atoms with Crippen LogP contribution in [-0.2, 0) is 16.0 Å². The van der Waals surface area contributed by atoms with E-state index in [2.05, 4.69) is 31.3 Å². The number of nitrogens with zero attached hydrogens (tertiary/aromatic N) is 3. The lowest BCUT2D eigenvalue weighted by atomic mass is 10.3. The molecular formula is C18H16N6O3S2. The molecule has 11 heteroatoms. The van der Waals surface area contributed by atoms with Crippen LogP contribution in [0.25, 0.3) is 21.6 Å². The van der Waals surface area contributed by atoms with Gasteiger partial charge in [0, 0.05) is 23.8 Å². The first kappa shape index (κ1) is 19.0. The Hall–Kier alpha value is -3.31. The fraction of sp³-hybridized carbons (Fsp3) is 0.167. The minimum Gasteiger partial charge on any atom is -0.352 e. The first-order valence-corrected chi connectivity index (χ1v) is 10.5. The minimum absolute atomic E-state index is 0.00619. The van der Waals surface area contributed by atoms with Crippen LogP contribution < -0.4 is 16.2 Å². The molecule has 0 fully saturated rings. The lowest BCUT2D eigenvalue weighted by Gasteiger charge is -2.07. The Morgan fingerprint density at radius 3 is 2.76 bits per heavy atom. The highest BCUT2D eigenvalue weighted by Gasteiger charge is 2.12. The number of anilines is 1. The monoisotopic (exact) mass is 428 g/mol. The van der Waals surface area contributed by atoms with E-state index in [4.69, 9.17) is 4.52 Å². The van der Waals surface area contributed by atoms with Gasteiger partial charge in [-0.25, -0.2) is 4.98 Å². The quantitative estimate of drug-likeness (QED) is 0.387. The molecule has 0 aliphatic rings. The van der Waals surface area contributed by atoms with Crippen LogP contribution >= 0.6 is 22.7 Å². The van der Waals surface area contributed by atoms with Gasteiger partial charge in [-0.05, 0) is 23.6 Å². The largest absolute Gasteiger partial charge is 0.352 e. The van der Waals surface area contributed by atoms with Crippen LogP contribution in [0.2, 0.25) is 0 Å². The van der Waals surface area contributed by atoms with Crippen molar-refractivity contribution in [2.24, 2.45) is 0 Å². The van der Waals surface area contributed by atoms with E-state index < -0.39 is 0 Å². The molecule has 3 heterocycles. The van der Waals surface area contributed by atoms with Crippen molar-refractivity contribution >= 4 is 49.8 Å². The van der Waals surface area contributed by atoms with E-state index in [1.807, 2.05) is 41.1 Å². The topological polar surface area (TPSA) is 122 Å². The molecule has 4 aromatic rings. The average Bonchev–Trinajstić information content (AvgIpc) is 3.48. The van der Waals surface area contributed by atoms with E-state index in [1.165, 1.54) is 11.3 Å². The molecule has 0 spiro atoms. The van der Waals surface area contributed by atoms with Crippen LogP contribution in [0.1, 0.15) is 12.3 Å². The third kappa shape index (κ3) is 4.95. The summed E-state index contributed by atoms with van der Waals surface area (Å²) in [4.78, 5) is 32.4. The van der Waals surface area contributed by atoms with Crippen LogP contribution in [0.15, 0.2) is 45.6 Å². The molecule has 3 N–H and O–H groups in total. The normalized spacial score (nSPS) is 10.8. The van der Waals surface area contributed by atoms with E-state index in [0.717, 1.165) is 15.8 Å². The summed E-state index contributed by atoms with van der Waals surface area (Å²) in [6.45, 7) is -0.00619. The zero-order valence-electron chi connectivity index (χ0n) is 15.0. The predicted octanol–water partition coefficient (Wildman–Crippen LogP) is 2.60. The summed E-state index contributed by atoms with van der Waals surface area (Å²) in [5.74, 6) is 0.129. The van der Waals surface area contributed by atoms with Crippen molar-refractivity contribution in [2.75, 3.05) is 11.9 Å². The van der Waals surface area contributed by atoms with E-state index in [9.17, 15) is 9.59 Å². The maximum Gasteiger partial charge on any atom is 0.257 e. The van der Waals surface area contributed by atoms with Crippen molar-refractivity contribution in [1.82, 2.24) is 26.0 Å². The van der Waals surface area contributed by atoms with Crippen molar-refractivity contribution in [2.45, 2.75) is 12.8 Å². The predicted molar refractivity (Wildman–Crippen MR) is 110 cm³/mol. The second kappa shape index (κ2) is 8.80. The lowest BCUT2D eigenvalue weighted by molar-refractivity contribution is -0.128. The maximum atomic E-state index is 11.9. The molecular weight excluding hydrogens is 412 g/mol. The van der Waals surface area contributed by atoms with E-state index in [0.29, 0.717) is 16.8 Å². The number of hydrazine groups is 1. The number of carbonyl (C=O) groups is 2. The zero-order valence-corrected chi connectivity index (χ0v) is 16.7. The standard InChI is InChI=1S/C18H16N6O3S2/c25-14(5-6-16-21-17(24-27-16)11-7-8-28-10-11)22-23-15(26)9-19-18-20-12-3-1-2-4-13(12)29-18/h1-4,7-8,10H,5-6,9H2,(H,19,20)(H,22,25)(H,23,26). The molecule has 148 valence electrons. The highest BCUT2D eigenvalue weighted by molar-refractivity contribution is 7.22. The highest BCUT2D eigenvalue weighted by atomic mass is 32.1. The Morgan fingerprint density at radius 1 is 1.07 bits per heavy atom. The number of aryl methyl sites for hydroxylation is 1. The summed E-state index contributed by atoms with van der Waals surface area (Å²) >= 11 is 3.00. The summed E-state index contributed by atoms with van der Waals surface area (Å²) in [6, 6.07) is 9.61. The van der Waals surface area contributed by atoms with Crippen LogP contribution in [0.4, 0.5) is 5.13 Å². The number of nitrogens with one attached hydrogen (secondary N) is 3. The average molecular weight is 428 g/mol. The molecule has 0 bridgehead atoms. The Morgan fingerprint density at radius 2 is 1.93 bits per heavy atom. The van der Waals surface area contributed by atoms with E-state index in [1.54, 1.807) is 11.3 Å². The second-order valence-corrected chi connectivity index (χ2v) is 7.77. The van der Waals surface area contributed by atoms with Crippen LogP contribution in [0, 0.1) is 0 Å². The molecule has 1 aromatic carbocycles. The number of benzene rings is 1. The Balaban J connectivity index is 1.18. The summed E-state index contributed by atoms with van der Waals surface area (Å²) < 4.78 is 6.17. The molecule has 9 nitrogen and oxygen atoms in total. The molecule has 0 aliphatic heterocycles. The SMILES string of the molecule is O=C(CCc1nc(-c2ccsc2)no1)NNC(=O)CNc1nc2ccccc2s1. The van der Waals surface area contributed by atoms with Gasteiger partial charge >= 0.3 is 0 Å². The van der Waals surface area contributed by atoms with Crippen molar-refractivity contribution in [3.8, 4) is 11.4 Å². The molecule has 4 rings (SSSR count). The fourth-order valence-corrected chi connectivity index (χ4v) is 3.93. The highest BCUT2D eigenvalue weighted by Crippen LogP contribution is 2.25. The summed E-state index contributed by atoms with van der Waals surface area (Å²) in [5.41, 5.74) is 6.48. The number of thiophene rings is 1. The van der Waals surface area contributed by atoms with E-state index >= 15 is 0 Å². The Kier molecular flexibility index (Phi) is 5.77. The zero-order chi connectivity index (χ0) is 20.1. The molecule has 2 amide bonds. The number of aromatic nitrogens is 3. The third-order valence-electron chi connectivity index (χ3n) is 3.85. The fourth-order valence-electron chi connectivity index (χ4n) is 2.44. The number of hydrogen-bond acceptors (Lipinski definition) is 9. The van der Waals surface area contributed by atoms with Gasteiger partial charge in [0.15, 0.2) is 5.13 Å². The van der Waals surface area contributed by atoms with Crippen molar-refractivity contribution in [1.29, 1.82) is 0 Å². The van der Waals surface area contributed by atoms with Crippen LogP contribution in [-0.4, -0.2) is 33.5 Å². The van der Waals surface area contributed by atoms with Gasteiger partial charge in [-0.3, -0.25) is 20.4 Å². The number of fused-ring (bicyclic) bond motifs is 1. The van der Waals surface area contributed by atoms with Crippen molar-refractivity contribution < 1.29 is 14.1 Å². The molecule has 0 unspecified atom stereocenters. The van der Waals surface area contributed by atoms with Gasteiger partial charge in [-0.15, -0.1) is 0 Å². The Bertz CT molecular complexity index is 1090. The molecule has 3 aromatic heterocycles. The first-order chi connectivity index (χ1) is 14.2. The van der Waals surface area contributed by atoms with Crippen LogP contribution in [0.5, 0.6) is 0 Å². The summed E-state index contributed by atoms with van der Waals surface area (Å²) in [5, 5.41) is 11.3. The number of amides is 2. The molecule has 0 radical (unpaired) electrons. The Labute approximate surface area is 173 Å². The van der Waals surface area contributed by atoms with Gasteiger partial charge in [0.05, 0.1) is 16.8 Å². The number of hydrogen-bond donors (Lipinski definition) is 3.